The van der Waals surface area contributed by atoms with Crippen LogP contribution in [-0.2, 0) is 0 Å². The standard InChI is InChI=1S/C17H27N3/c1-18-13-17(16-5-3-2-4-6-16)20-11-9-19(10-12-20)14-15-7-8-15/h2-6,15,17-18H,7-14H2,1H3. The van der Waals surface area contributed by atoms with Gasteiger partial charge in [-0.2, -0.15) is 0 Å². The first-order valence-corrected chi connectivity index (χ1v) is 8.03. The maximum Gasteiger partial charge on any atom is 0.0473 e. The zero-order valence-electron chi connectivity index (χ0n) is 12.6. The second-order valence-electron chi connectivity index (χ2n) is 6.26. The molecule has 1 aromatic carbocycles. The van der Waals surface area contributed by atoms with Gasteiger partial charge in [-0.3, -0.25) is 4.90 Å². The molecule has 3 rings (SSSR count). The molecule has 1 unspecified atom stereocenters. The van der Waals surface area contributed by atoms with Crippen LogP contribution in [-0.4, -0.2) is 56.1 Å². The number of hydrogen-bond donors (Lipinski definition) is 1. The molecular formula is C17H27N3. The van der Waals surface area contributed by atoms with Gasteiger partial charge in [0.15, 0.2) is 0 Å². The molecule has 20 heavy (non-hydrogen) atoms. The van der Waals surface area contributed by atoms with Gasteiger partial charge >= 0.3 is 0 Å². The van der Waals surface area contributed by atoms with E-state index in [9.17, 15) is 0 Å². The molecule has 0 bridgehead atoms. The Labute approximate surface area is 123 Å². The van der Waals surface area contributed by atoms with Crippen molar-refractivity contribution in [3.8, 4) is 0 Å². The minimum Gasteiger partial charge on any atom is -0.318 e. The minimum atomic E-state index is 0.518. The summed E-state index contributed by atoms with van der Waals surface area (Å²) in [6.45, 7) is 7.26. The molecule has 3 heteroatoms. The van der Waals surface area contributed by atoms with Gasteiger partial charge in [0.25, 0.3) is 0 Å². The first-order chi connectivity index (χ1) is 9.86. The molecule has 1 N–H and O–H groups in total. The van der Waals surface area contributed by atoms with E-state index in [1.165, 1.54) is 51.1 Å². The summed E-state index contributed by atoms with van der Waals surface area (Å²) in [7, 11) is 2.05. The van der Waals surface area contributed by atoms with Crippen molar-refractivity contribution in [2.45, 2.75) is 18.9 Å². The second kappa shape index (κ2) is 6.70. The van der Waals surface area contributed by atoms with E-state index < -0.39 is 0 Å². The Bertz CT molecular complexity index is 394. The topological polar surface area (TPSA) is 18.5 Å². The second-order valence-corrected chi connectivity index (χ2v) is 6.26. The zero-order valence-corrected chi connectivity index (χ0v) is 12.6. The van der Waals surface area contributed by atoms with E-state index in [1.807, 2.05) is 0 Å². The number of likely N-dealkylation sites (N-methyl/N-ethyl adjacent to an activating group) is 1. The summed E-state index contributed by atoms with van der Waals surface area (Å²) in [5.41, 5.74) is 1.44. The molecule has 1 aliphatic heterocycles. The smallest absolute Gasteiger partial charge is 0.0473 e. The number of rotatable bonds is 6. The Kier molecular flexibility index (Phi) is 4.71. The molecule has 110 valence electrons. The third-order valence-corrected chi connectivity index (χ3v) is 4.64. The van der Waals surface area contributed by atoms with Crippen LogP contribution in [0, 0.1) is 5.92 Å². The quantitative estimate of drug-likeness (QED) is 0.855. The average Bonchev–Trinajstić information content (AvgIpc) is 3.31. The van der Waals surface area contributed by atoms with E-state index >= 15 is 0 Å². The highest BCUT2D eigenvalue weighted by molar-refractivity contribution is 5.19. The fraction of sp³-hybridized carbons (Fsp3) is 0.647. The summed E-state index contributed by atoms with van der Waals surface area (Å²) < 4.78 is 0. The monoisotopic (exact) mass is 273 g/mol. The van der Waals surface area contributed by atoms with Crippen LogP contribution in [0.1, 0.15) is 24.4 Å². The van der Waals surface area contributed by atoms with Crippen molar-refractivity contribution in [1.82, 2.24) is 15.1 Å². The highest BCUT2D eigenvalue weighted by Gasteiger charge is 2.28. The van der Waals surface area contributed by atoms with Crippen molar-refractivity contribution in [2.24, 2.45) is 5.92 Å². The van der Waals surface area contributed by atoms with E-state index in [2.05, 4.69) is 52.5 Å². The van der Waals surface area contributed by atoms with Crippen LogP contribution < -0.4 is 5.32 Å². The van der Waals surface area contributed by atoms with Crippen molar-refractivity contribution in [1.29, 1.82) is 0 Å². The van der Waals surface area contributed by atoms with Gasteiger partial charge in [-0.05, 0) is 31.4 Å². The van der Waals surface area contributed by atoms with Crippen molar-refractivity contribution < 1.29 is 0 Å². The molecule has 1 aliphatic carbocycles. The van der Waals surface area contributed by atoms with Gasteiger partial charge in [0, 0.05) is 45.3 Å². The van der Waals surface area contributed by atoms with E-state index in [1.54, 1.807) is 0 Å². The Hall–Kier alpha value is -0.900. The lowest BCUT2D eigenvalue weighted by Crippen LogP contribution is -2.49. The fourth-order valence-electron chi connectivity index (χ4n) is 3.25. The number of piperazine rings is 1. The van der Waals surface area contributed by atoms with Gasteiger partial charge in [-0.15, -0.1) is 0 Å². The Morgan fingerprint density at radius 2 is 1.80 bits per heavy atom. The van der Waals surface area contributed by atoms with Gasteiger partial charge < -0.3 is 10.2 Å². The SMILES string of the molecule is CNCC(c1ccccc1)N1CCN(CC2CC2)CC1. The van der Waals surface area contributed by atoms with Crippen LogP contribution in [0.15, 0.2) is 30.3 Å². The molecule has 2 fully saturated rings. The van der Waals surface area contributed by atoms with E-state index in [4.69, 9.17) is 0 Å². The van der Waals surface area contributed by atoms with Crippen LogP contribution in [0.2, 0.25) is 0 Å². The lowest BCUT2D eigenvalue weighted by molar-refractivity contribution is 0.0929. The van der Waals surface area contributed by atoms with Crippen LogP contribution in [0.25, 0.3) is 0 Å². The molecule has 1 heterocycles. The van der Waals surface area contributed by atoms with Crippen LogP contribution in [0.3, 0.4) is 0 Å². The Morgan fingerprint density at radius 3 is 2.40 bits per heavy atom. The highest BCUT2D eigenvalue weighted by Crippen LogP contribution is 2.30. The summed E-state index contributed by atoms with van der Waals surface area (Å²) in [5.74, 6) is 1.02. The minimum absolute atomic E-state index is 0.518. The zero-order chi connectivity index (χ0) is 13.8. The van der Waals surface area contributed by atoms with E-state index in [0.29, 0.717) is 6.04 Å². The summed E-state index contributed by atoms with van der Waals surface area (Å²) >= 11 is 0. The lowest BCUT2D eigenvalue weighted by atomic mass is 10.0. The molecule has 1 aromatic rings. The molecule has 0 spiro atoms. The first kappa shape index (κ1) is 14.1. The normalized spacial score (nSPS) is 22.9. The number of nitrogens with one attached hydrogen (secondary N) is 1. The lowest BCUT2D eigenvalue weighted by Gasteiger charge is -2.39. The third-order valence-electron chi connectivity index (χ3n) is 4.64. The molecule has 2 aliphatic rings. The summed E-state index contributed by atoms with van der Waals surface area (Å²) in [4.78, 5) is 5.31. The molecule has 1 saturated heterocycles. The van der Waals surface area contributed by atoms with Crippen molar-refractivity contribution >= 4 is 0 Å². The van der Waals surface area contributed by atoms with Crippen LogP contribution in [0.4, 0.5) is 0 Å². The van der Waals surface area contributed by atoms with E-state index in [-0.39, 0.29) is 0 Å². The summed E-state index contributed by atoms with van der Waals surface area (Å²) in [6.07, 6.45) is 2.93. The number of benzene rings is 1. The van der Waals surface area contributed by atoms with Gasteiger partial charge in [-0.25, -0.2) is 0 Å². The molecule has 1 saturated carbocycles. The fourth-order valence-corrected chi connectivity index (χ4v) is 3.25. The predicted molar refractivity (Wildman–Crippen MR) is 83.8 cm³/mol. The largest absolute Gasteiger partial charge is 0.318 e. The molecule has 0 aromatic heterocycles. The van der Waals surface area contributed by atoms with Gasteiger partial charge in [0.2, 0.25) is 0 Å². The molecule has 0 radical (unpaired) electrons. The molecule has 0 amide bonds. The Morgan fingerprint density at radius 1 is 1.10 bits per heavy atom. The molecule has 1 atom stereocenters. The van der Waals surface area contributed by atoms with Gasteiger partial charge in [-0.1, -0.05) is 30.3 Å². The van der Waals surface area contributed by atoms with Crippen LogP contribution in [0.5, 0.6) is 0 Å². The number of hydrogen-bond acceptors (Lipinski definition) is 3. The van der Waals surface area contributed by atoms with Crippen molar-refractivity contribution in [3.05, 3.63) is 35.9 Å². The Balaban J connectivity index is 1.58. The van der Waals surface area contributed by atoms with Gasteiger partial charge in [0.05, 0.1) is 0 Å². The molecule has 3 nitrogen and oxygen atoms in total. The highest BCUT2D eigenvalue weighted by atomic mass is 15.3. The maximum absolute atomic E-state index is 3.36. The predicted octanol–water partition coefficient (Wildman–Crippen LogP) is 1.97. The van der Waals surface area contributed by atoms with Crippen molar-refractivity contribution in [2.75, 3.05) is 46.3 Å². The maximum atomic E-state index is 3.36. The summed E-state index contributed by atoms with van der Waals surface area (Å²) in [6, 6.07) is 11.5. The molecular weight excluding hydrogens is 246 g/mol. The van der Waals surface area contributed by atoms with Gasteiger partial charge in [0.1, 0.15) is 0 Å². The van der Waals surface area contributed by atoms with Crippen molar-refractivity contribution in [3.63, 3.8) is 0 Å². The summed E-state index contributed by atoms with van der Waals surface area (Å²) in [5, 5.41) is 3.36. The third kappa shape index (κ3) is 3.60. The number of nitrogens with zero attached hydrogens (tertiary/aromatic N) is 2. The first-order valence-electron chi connectivity index (χ1n) is 8.03. The average molecular weight is 273 g/mol. The van der Waals surface area contributed by atoms with Crippen LogP contribution >= 0.6 is 0 Å². The van der Waals surface area contributed by atoms with E-state index in [0.717, 1.165) is 12.5 Å².